The van der Waals surface area contributed by atoms with E-state index in [4.69, 9.17) is 5.73 Å². The Bertz CT molecular complexity index is 713. The topological polar surface area (TPSA) is 26.0 Å². The molecule has 1 heteroatoms. The van der Waals surface area contributed by atoms with Crippen LogP contribution < -0.4 is 5.73 Å². The van der Waals surface area contributed by atoms with Crippen molar-refractivity contribution in [3.63, 3.8) is 0 Å². The summed E-state index contributed by atoms with van der Waals surface area (Å²) >= 11 is 0. The van der Waals surface area contributed by atoms with Gasteiger partial charge in [0.05, 0.1) is 0 Å². The normalized spacial score (nSPS) is 12.5. The summed E-state index contributed by atoms with van der Waals surface area (Å²) in [6, 6.07) is 23.8. The van der Waals surface area contributed by atoms with Crippen molar-refractivity contribution in [1.82, 2.24) is 0 Å². The minimum absolute atomic E-state index is 0.139. The maximum Gasteiger partial charge on any atom is 0.0292 e. The summed E-state index contributed by atoms with van der Waals surface area (Å²) in [5.74, 6) is 0. The molecule has 3 aromatic rings. The van der Waals surface area contributed by atoms with Crippen LogP contribution in [0.15, 0.2) is 66.7 Å². The predicted molar refractivity (Wildman–Crippen MR) is 86.6 cm³/mol. The van der Waals surface area contributed by atoms with Crippen molar-refractivity contribution in [1.29, 1.82) is 0 Å². The zero-order valence-electron chi connectivity index (χ0n) is 11.7. The Kier molecular flexibility index (Phi) is 3.53. The molecule has 0 radical (unpaired) electrons. The van der Waals surface area contributed by atoms with Gasteiger partial charge in [-0.05, 0) is 39.9 Å². The minimum atomic E-state index is 0.139. The number of nitrogens with two attached hydrogens (primary N) is 1. The standard InChI is InChI=1S/C19H19N/c1-2-19(20)16-10-7-15(8-11-16)18-12-9-14-5-3-4-6-17(14)13-18/h3-13,19H,2,20H2,1H3. The Hall–Kier alpha value is -2.12. The van der Waals surface area contributed by atoms with Crippen LogP contribution in [0.3, 0.4) is 0 Å². The van der Waals surface area contributed by atoms with E-state index in [9.17, 15) is 0 Å². The lowest BCUT2D eigenvalue weighted by Gasteiger charge is -2.10. The average Bonchev–Trinajstić information content (AvgIpc) is 2.54. The molecular weight excluding hydrogens is 242 g/mol. The van der Waals surface area contributed by atoms with Crippen molar-refractivity contribution in [2.45, 2.75) is 19.4 Å². The molecule has 0 saturated carbocycles. The van der Waals surface area contributed by atoms with Gasteiger partial charge in [0.2, 0.25) is 0 Å². The third-order valence-corrected chi connectivity index (χ3v) is 3.86. The molecule has 20 heavy (non-hydrogen) atoms. The van der Waals surface area contributed by atoms with Crippen LogP contribution in [0.1, 0.15) is 24.9 Å². The quantitative estimate of drug-likeness (QED) is 0.711. The molecule has 1 nitrogen and oxygen atoms in total. The van der Waals surface area contributed by atoms with Crippen LogP contribution in [0.4, 0.5) is 0 Å². The lowest BCUT2D eigenvalue weighted by Crippen LogP contribution is -2.07. The summed E-state index contributed by atoms with van der Waals surface area (Å²) < 4.78 is 0. The van der Waals surface area contributed by atoms with E-state index < -0.39 is 0 Å². The molecule has 0 fully saturated rings. The first kappa shape index (κ1) is 12.9. The maximum absolute atomic E-state index is 6.06. The van der Waals surface area contributed by atoms with Gasteiger partial charge in [-0.3, -0.25) is 0 Å². The van der Waals surface area contributed by atoms with E-state index in [1.165, 1.54) is 27.5 Å². The zero-order valence-corrected chi connectivity index (χ0v) is 11.7. The Balaban J connectivity index is 1.98. The fraction of sp³-hybridized carbons (Fsp3) is 0.158. The van der Waals surface area contributed by atoms with E-state index in [1.807, 2.05) is 0 Å². The van der Waals surface area contributed by atoms with Crippen molar-refractivity contribution in [3.8, 4) is 11.1 Å². The van der Waals surface area contributed by atoms with Crippen molar-refractivity contribution in [2.75, 3.05) is 0 Å². The molecule has 1 unspecified atom stereocenters. The highest BCUT2D eigenvalue weighted by Crippen LogP contribution is 2.25. The third-order valence-electron chi connectivity index (χ3n) is 3.86. The zero-order chi connectivity index (χ0) is 13.9. The maximum atomic E-state index is 6.06. The van der Waals surface area contributed by atoms with Gasteiger partial charge in [0.25, 0.3) is 0 Å². The average molecular weight is 261 g/mol. The predicted octanol–water partition coefficient (Wildman–Crippen LogP) is 4.92. The first-order valence-electron chi connectivity index (χ1n) is 7.12. The monoisotopic (exact) mass is 261 g/mol. The van der Waals surface area contributed by atoms with Crippen LogP contribution in [0.5, 0.6) is 0 Å². The van der Waals surface area contributed by atoms with Gasteiger partial charge in [0.15, 0.2) is 0 Å². The van der Waals surface area contributed by atoms with Gasteiger partial charge in [0.1, 0.15) is 0 Å². The summed E-state index contributed by atoms with van der Waals surface area (Å²) in [5.41, 5.74) is 9.75. The molecule has 0 saturated heterocycles. The Labute approximate surface area is 120 Å². The summed E-state index contributed by atoms with van der Waals surface area (Å²) in [7, 11) is 0. The molecule has 2 N–H and O–H groups in total. The van der Waals surface area contributed by atoms with E-state index >= 15 is 0 Å². The molecule has 1 atom stereocenters. The first-order chi connectivity index (χ1) is 9.78. The summed E-state index contributed by atoms with van der Waals surface area (Å²) in [6.07, 6.45) is 0.968. The van der Waals surface area contributed by atoms with Gasteiger partial charge in [-0.15, -0.1) is 0 Å². The van der Waals surface area contributed by atoms with Gasteiger partial charge in [-0.2, -0.15) is 0 Å². The molecule has 0 aliphatic rings. The summed E-state index contributed by atoms with van der Waals surface area (Å²) in [6.45, 7) is 2.11. The summed E-state index contributed by atoms with van der Waals surface area (Å²) in [5, 5.41) is 2.56. The molecule has 0 aliphatic heterocycles. The smallest absolute Gasteiger partial charge is 0.0292 e. The van der Waals surface area contributed by atoms with Crippen LogP contribution in [0.2, 0.25) is 0 Å². The van der Waals surface area contributed by atoms with E-state index in [-0.39, 0.29) is 6.04 Å². The van der Waals surface area contributed by atoms with Crippen LogP contribution in [-0.2, 0) is 0 Å². The van der Waals surface area contributed by atoms with E-state index in [0.29, 0.717) is 0 Å². The molecule has 100 valence electrons. The van der Waals surface area contributed by atoms with Crippen LogP contribution in [-0.4, -0.2) is 0 Å². The second-order valence-electron chi connectivity index (χ2n) is 5.20. The minimum Gasteiger partial charge on any atom is -0.324 e. The lowest BCUT2D eigenvalue weighted by atomic mass is 9.98. The number of hydrogen-bond donors (Lipinski definition) is 1. The molecular formula is C19H19N. The number of fused-ring (bicyclic) bond motifs is 1. The van der Waals surface area contributed by atoms with Gasteiger partial charge < -0.3 is 5.73 Å². The molecule has 0 bridgehead atoms. The molecule has 0 aromatic heterocycles. The van der Waals surface area contributed by atoms with Crippen molar-refractivity contribution in [3.05, 3.63) is 72.3 Å². The number of hydrogen-bond acceptors (Lipinski definition) is 1. The van der Waals surface area contributed by atoms with Crippen LogP contribution in [0.25, 0.3) is 21.9 Å². The third kappa shape index (κ3) is 2.45. The molecule has 0 heterocycles. The highest BCUT2D eigenvalue weighted by molar-refractivity contribution is 5.87. The van der Waals surface area contributed by atoms with Crippen molar-refractivity contribution in [2.24, 2.45) is 5.73 Å². The summed E-state index contributed by atoms with van der Waals surface area (Å²) in [4.78, 5) is 0. The van der Waals surface area contributed by atoms with E-state index in [2.05, 4.69) is 73.7 Å². The largest absolute Gasteiger partial charge is 0.324 e. The second kappa shape index (κ2) is 5.48. The Morgan fingerprint density at radius 2 is 1.45 bits per heavy atom. The van der Waals surface area contributed by atoms with Gasteiger partial charge in [0, 0.05) is 6.04 Å². The van der Waals surface area contributed by atoms with Gasteiger partial charge in [-0.1, -0.05) is 67.6 Å². The highest BCUT2D eigenvalue weighted by atomic mass is 14.6. The van der Waals surface area contributed by atoms with Crippen LogP contribution >= 0.6 is 0 Å². The molecule has 3 aromatic carbocycles. The highest BCUT2D eigenvalue weighted by Gasteiger charge is 2.04. The molecule has 0 aliphatic carbocycles. The molecule has 0 amide bonds. The molecule has 0 spiro atoms. The van der Waals surface area contributed by atoms with E-state index in [0.717, 1.165) is 6.42 Å². The second-order valence-corrected chi connectivity index (χ2v) is 5.20. The Morgan fingerprint density at radius 3 is 2.15 bits per heavy atom. The van der Waals surface area contributed by atoms with Crippen molar-refractivity contribution >= 4 is 10.8 Å². The number of rotatable bonds is 3. The van der Waals surface area contributed by atoms with Crippen molar-refractivity contribution < 1.29 is 0 Å². The van der Waals surface area contributed by atoms with Gasteiger partial charge in [-0.25, -0.2) is 0 Å². The lowest BCUT2D eigenvalue weighted by molar-refractivity contribution is 0.699. The van der Waals surface area contributed by atoms with Crippen LogP contribution in [0, 0.1) is 0 Å². The first-order valence-corrected chi connectivity index (χ1v) is 7.12. The van der Waals surface area contributed by atoms with Gasteiger partial charge >= 0.3 is 0 Å². The SMILES string of the molecule is CCC(N)c1ccc(-c2ccc3ccccc3c2)cc1. The fourth-order valence-corrected chi connectivity index (χ4v) is 2.53. The van der Waals surface area contributed by atoms with E-state index in [1.54, 1.807) is 0 Å². The number of benzene rings is 3. The Morgan fingerprint density at radius 1 is 0.800 bits per heavy atom. The molecule has 3 rings (SSSR count). The fourth-order valence-electron chi connectivity index (χ4n) is 2.53.